The lowest BCUT2D eigenvalue weighted by Gasteiger charge is -2.10. The summed E-state index contributed by atoms with van der Waals surface area (Å²) in [6.07, 6.45) is 4.30. The molecule has 0 spiro atoms. The number of nitrogens with two attached hydrogens (primary N) is 1. The highest BCUT2D eigenvalue weighted by Gasteiger charge is 2.07. The van der Waals surface area contributed by atoms with Crippen molar-refractivity contribution in [3.63, 3.8) is 0 Å². The van der Waals surface area contributed by atoms with Crippen LogP contribution >= 0.6 is 0 Å². The van der Waals surface area contributed by atoms with E-state index in [-0.39, 0.29) is 11.7 Å². The molecule has 0 bridgehead atoms. The van der Waals surface area contributed by atoms with Gasteiger partial charge in [-0.15, -0.1) is 0 Å². The third-order valence-corrected chi connectivity index (χ3v) is 3.00. The van der Waals surface area contributed by atoms with Gasteiger partial charge >= 0.3 is 0 Å². The van der Waals surface area contributed by atoms with Crippen molar-refractivity contribution in [2.24, 2.45) is 5.73 Å². The summed E-state index contributed by atoms with van der Waals surface area (Å²) in [6.45, 7) is 2.67. The van der Waals surface area contributed by atoms with Gasteiger partial charge in [-0.3, -0.25) is 10.1 Å². The van der Waals surface area contributed by atoms with Crippen molar-refractivity contribution in [1.29, 1.82) is 0 Å². The molecule has 1 aromatic carbocycles. The number of benzene rings is 1. The van der Waals surface area contributed by atoms with Crippen LogP contribution in [0.3, 0.4) is 0 Å². The van der Waals surface area contributed by atoms with Crippen molar-refractivity contribution in [1.82, 2.24) is 9.55 Å². The SMILES string of the molecule is C[C@H](N)c1cncn1CCc1ccc([N+](=O)[O-])cc1. The van der Waals surface area contributed by atoms with E-state index in [0.717, 1.165) is 24.2 Å². The topological polar surface area (TPSA) is 87.0 Å². The molecule has 1 aromatic heterocycles. The number of imidazole rings is 1. The summed E-state index contributed by atoms with van der Waals surface area (Å²) in [4.78, 5) is 14.2. The maximum absolute atomic E-state index is 10.6. The third-order valence-electron chi connectivity index (χ3n) is 3.00. The van der Waals surface area contributed by atoms with Crippen molar-refractivity contribution in [3.8, 4) is 0 Å². The Kier molecular flexibility index (Phi) is 3.91. The van der Waals surface area contributed by atoms with Crippen LogP contribution in [-0.2, 0) is 13.0 Å². The predicted octanol–water partition coefficient (Wildman–Crippen LogP) is 2.05. The Morgan fingerprint density at radius 2 is 2.11 bits per heavy atom. The fourth-order valence-electron chi connectivity index (χ4n) is 1.93. The van der Waals surface area contributed by atoms with Gasteiger partial charge in [0.2, 0.25) is 0 Å². The number of hydrogen-bond donors (Lipinski definition) is 1. The van der Waals surface area contributed by atoms with Gasteiger partial charge in [0.1, 0.15) is 0 Å². The van der Waals surface area contributed by atoms with Crippen molar-refractivity contribution in [3.05, 3.63) is 58.2 Å². The van der Waals surface area contributed by atoms with Gasteiger partial charge in [0.15, 0.2) is 0 Å². The molecular weight excluding hydrogens is 244 g/mol. The first-order chi connectivity index (χ1) is 9.08. The van der Waals surface area contributed by atoms with Crippen LogP contribution in [0.4, 0.5) is 5.69 Å². The summed E-state index contributed by atoms with van der Waals surface area (Å²) in [5.41, 5.74) is 8.00. The zero-order valence-corrected chi connectivity index (χ0v) is 10.7. The molecule has 0 saturated carbocycles. The molecule has 0 aliphatic rings. The van der Waals surface area contributed by atoms with Crippen LogP contribution in [0.25, 0.3) is 0 Å². The molecule has 1 heterocycles. The van der Waals surface area contributed by atoms with Crippen LogP contribution in [0.5, 0.6) is 0 Å². The molecule has 2 rings (SSSR count). The summed E-state index contributed by atoms with van der Waals surface area (Å²) < 4.78 is 2.01. The van der Waals surface area contributed by atoms with E-state index in [4.69, 9.17) is 5.73 Å². The van der Waals surface area contributed by atoms with Gasteiger partial charge in [0.05, 0.1) is 16.9 Å². The minimum atomic E-state index is -0.395. The molecule has 0 aliphatic carbocycles. The minimum Gasteiger partial charge on any atom is -0.333 e. The first kappa shape index (κ1) is 13.2. The van der Waals surface area contributed by atoms with E-state index in [9.17, 15) is 10.1 Å². The van der Waals surface area contributed by atoms with Gasteiger partial charge in [0, 0.05) is 30.9 Å². The summed E-state index contributed by atoms with van der Waals surface area (Å²) in [5, 5.41) is 10.6. The second-order valence-corrected chi connectivity index (χ2v) is 4.47. The highest BCUT2D eigenvalue weighted by atomic mass is 16.6. The molecular formula is C13H16N4O2. The molecule has 2 aromatic rings. The number of nitrogens with zero attached hydrogens (tertiary/aromatic N) is 3. The van der Waals surface area contributed by atoms with Gasteiger partial charge in [0.25, 0.3) is 5.69 Å². The average Bonchev–Trinajstić information content (AvgIpc) is 2.85. The highest BCUT2D eigenvalue weighted by molar-refractivity contribution is 5.32. The molecule has 100 valence electrons. The molecule has 2 N–H and O–H groups in total. The molecule has 0 radical (unpaired) electrons. The van der Waals surface area contributed by atoms with Crippen molar-refractivity contribution >= 4 is 5.69 Å². The van der Waals surface area contributed by atoms with Crippen LogP contribution in [0.15, 0.2) is 36.8 Å². The first-order valence-corrected chi connectivity index (χ1v) is 6.07. The van der Waals surface area contributed by atoms with Gasteiger partial charge in [-0.25, -0.2) is 4.98 Å². The maximum Gasteiger partial charge on any atom is 0.269 e. The van der Waals surface area contributed by atoms with E-state index in [1.54, 1.807) is 24.7 Å². The Bertz CT molecular complexity index is 560. The van der Waals surface area contributed by atoms with Crippen molar-refractivity contribution in [2.45, 2.75) is 25.9 Å². The van der Waals surface area contributed by atoms with Crippen molar-refractivity contribution in [2.75, 3.05) is 0 Å². The molecule has 0 amide bonds. The number of non-ortho nitro benzene ring substituents is 1. The Morgan fingerprint density at radius 1 is 1.42 bits per heavy atom. The summed E-state index contributed by atoms with van der Waals surface area (Å²) in [7, 11) is 0. The van der Waals surface area contributed by atoms with Gasteiger partial charge in [-0.05, 0) is 18.9 Å². The molecule has 6 heteroatoms. The molecule has 19 heavy (non-hydrogen) atoms. The van der Waals surface area contributed by atoms with Crippen LogP contribution in [0.2, 0.25) is 0 Å². The molecule has 1 atom stereocenters. The van der Waals surface area contributed by atoms with E-state index < -0.39 is 4.92 Å². The minimum absolute atomic E-state index is 0.0561. The van der Waals surface area contributed by atoms with Crippen LogP contribution in [0.1, 0.15) is 24.2 Å². The van der Waals surface area contributed by atoms with Crippen LogP contribution in [-0.4, -0.2) is 14.5 Å². The Labute approximate surface area is 111 Å². The Morgan fingerprint density at radius 3 is 2.68 bits per heavy atom. The van der Waals surface area contributed by atoms with E-state index >= 15 is 0 Å². The average molecular weight is 260 g/mol. The van der Waals surface area contributed by atoms with Gasteiger partial charge < -0.3 is 10.3 Å². The van der Waals surface area contributed by atoms with Crippen LogP contribution < -0.4 is 5.73 Å². The van der Waals surface area contributed by atoms with E-state index in [1.807, 2.05) is 11.5 Å². The monoisotopic (exact) mass is 260 g/mol. The smallest absolute Gasteiger partial charge is 0.269 e. The quantitative estimate of drug-likeness (QED) is 0.658. The summed E-state index contributed by atoms with van der Waals surface area (Å²) in [6, 6.07) is 6.55. The lowest BCUT2D eigenvalue weighted by Crippen LogP contribution is -2.12. The molecule has 0 unspecified atom stereocenters. The number of aryl methyl sites for hydroxylation is 2. The van der Waals surface area contributed by atoms with E-state index in [1.165, 1.54) is 12.1 Å². The van der Waals surface area contributed by atoms with E-state index in [0.29, 0.717) is 0 Å². The van der Waals surface area contributed by atoms with Gasteiger partial charge in [-0.1, -0.05) is 12.1 Å². The number of rotatable bonds is 5. The summed E-state index contributed by atoms with van der Waals surface area (Å²) >= 11 is 0. The van der Waals surface area contributed by atoms with Gasteiger partial charge in [-0.2, -0.15) is 0 Å². The Balaban J connectivity index is 2.02. The predicted molar refractivity (Wildman–Crippen MR) is 71.6 cm³/mol. The highest BCUT2D eigenvalue weighted by Crippen LogP contribution is 2.14. The number of aromatic nitrogens is 2. The summed E-state index contributed by atoms with van der Waals surface area (Å²) in [5.74, 6) is 0. The standard InChI is InChI=1S/C13H16N4O2/c1-10(14)13-8-15-9-16(13)7-6-11-2-4-12(5-3-11)17(18)19/h2-5,8-10H,6-7,14H2,1H3/t10-/m0/s1. The number of nitro groups is 1. The zero-order valence-electron chi connectivity index (χ0n) is 10.7. The lowest BCUT2D eigenvalue weighted by molar-refractivity contribution is -0.384. The zero-order chi connectivity index (χ0) is 13.8. The van der Waals surface area contributed by atoms with E-state index in [2.05, 4.69) is 4.98 Å². The second kappa shape index (κ2) is 5.62. The third kappa shape index (κ3) is 3.17. The second-order valence-electron chi connectivity index (χ2n) is 4.47. The largest absolute Gasteiger partial charge is 0.333 e. The Hall–Kier alpha value is -2.21. The van der Waals surface area contributed by atoms with Crippen LogP contribution in [0, 0.1) is 10.1 Å². The normalized spacial score (nSPS) is 12.3. The number of hydrogen-bond acceptors (Lipinski definition) is 4. The molecule has 0 saturated heterocycles. The first-order valence-electron chi connectivity index (χ1n) is 6.07. The molecule has 6 nitrogen and oxygen atoms in total. The molecule has 0 fully saturated rings. The maximum atomic E-state index is 10.6. The number of nitro benzene ring substituents is 1. The fourth-order valence-corrected chi connectivity index (χ4v) is 1.93. The molecule has 0 aliphatic heterocycles. The fraction of sp³-hybridized carbons (Fsp3) is 0.308. The van der Waals surface area contributed by atoms with Crippen molar-refractivity contribution < 1.29 is 4.92 Å². The lowest BCUT2D eigenvalue weighted by atomic mass is 10.1.